The number of rotatable bonds is 5. The minimum Gasteiger partial charge on any atom is -0.306 e. The maximum absolute atomic E-state index is 12.9. The lowest BCUT2D eigenvalue weighted by Gasteiger charge is -2.07. The molecule has 8 heteroatoms. The fraction of sp³-hybridized carbons (Fsp3) is 0.368. The first-order valence-corrected chi connectivity index (χ1v) is 10.2. The highest BCUT2D eigenvalue weighted by atomic mass is 32.1. The van der Waals surface area contributed by atoms with Gasteiger partial charge in [0, 0.05) is 18.9 Å². The van der Waals surface area contributed by atoms with Crippen molar-refractivity contribution in [3.63, 3.8) is 0 Å². The van der Waals surface area contributed by atoms with Crippen LogP contribution >= 0.6 is 11.3 Å². The highest BCUT2D eigenvalue weighted by Crippen LogP contribution is 2.26. The van der Waals surface area contributed by atoms with Crippen LogP contribution in [0.25, 0.3) is 16.1 Å². The Morgan fingerprint density at radius 2 is 2.11 bits per heavy atom. The topological polar surface area (TPSA) is 70.0 Å². The number of hydrogen-bond acceptors (Lipinski definition) is 5. The molecule has 5 rings (SSSR count). The van der Waals surface area contributed by atoms with Crippen LogP contribution in [-0.2, 0) is 13.1 Å². The molecule has 4 aromatic rings. The lowest BCUT2D eigenvalue weighted by molar-refractivity contribution is 0.421. The zero-order valence-electron chi connectivity index (χ0n) is 14.9. The molecule has 4 aromatic heterocycles. The zero-order chi connectivity index (χ0) is 18.2. The summed E-state index contributed by atoms with van der Waals surface area (Å²) in [6.45, 7) is 1.34. The van der Waals surface area contributed by atoms with E-state index in [1.165, 1.54) is 25.7 Å². The molecule has 0 aromatic carbocycles. The first-order chi connectivity index (χ1) is 13.3. The molecule has 0 unspecified atom stereocenters. The van der Waals surface area contributed by atoms with Crippen molar-refractivity contribution < 1.29 is 0 Å². The van der Waals surface area contributed by atoms with E-state index in [1.54, 1.807) is 26.6 Å². The van der Waals surface area contributed by atoms with E-state index in [2.05, 4.69) is 15.4 Å². The molecule has 4 heterocycles. The molecule has 0 atom stereocenters. The summed E-state index contributed by atoms with van der Waals surface area (Å²) in [5.74, 6) is 0.709. The predicted molar refractivity (Wildman–Crippen MR) is 104 cm³/mol. The molecule has 0 amide bonds. The summed E-state index contributed by atoms with van der Waals surface area (Å²) in [6.07, 6.45) is 10.7. The summed E-state index contributed by atoms with van der Waals surface area (Å²) >= 11 is 1.61. The molecule has 0 saturated heterocycles. The second-order valence-electron chi connectivity index (χ2n) is 7.15. The van der Waals surface area contributed by atoms with E-state index in [1.807, 2.05) is 40.7 Å². The van der Waals surface area contributed by atoms with Crippen molar-refractivity contribution in [3.05, 3.63) is 58.2 Å². The Labute approximate surface area is 159 Å². The Morgan fingerprint density at radius 1 is 1.22 bits per heavy atom. The molecular formula is C19H20N6OS. The largest absolute Gasteiger partial charge is 0.306 e. The van der Waals surface area contributed by atoms with Crippen molar-refractivity contribution in [3.8, 4) is 10.6 Å². The SMILES string of the molecule is O=c1c2cc(-c3cccs3)nn2ccn1Cc1cn(CC2CCCC2)nn1. The van der Waals surface area contributed by atoms with E-state index in [-0.39, 0.29) is 5.56 Å². The van der Waals surface area contributed by atoms with E-state index in [9.17, 15) is 4.79 Å². The van der Waals surface area contributed by atoms with E-state index in [0.29, 0.717) is 18.0 Å². The molecule has 1 aliphatic rings. The van der Waals surface area contributed by atoms with Gasteiger partial charge in [-0.1, -0.05) is 24.1 Å². The Balaban J connectivity index is 1.39. The molecule has 1 aliphatic carbocycles. The third-order valence-electron chi connectivity index (χ3n) is 5.22. The summed E-state index contributed by atoms with van der Waals surface area (Å²) < 4.78 is 5.23. The van der Waals surface area contributed by atoms with Crippen molar-refractivity contribution in [2.24, 2.45) is 5.92 Å². The Hall–Kier alpha value is -2.74. The summed E-state index contributed by atoms with van der Waals surface area (Å²) in [6, 6.07) is 5.84. The molecule has 1 fully saturated rings. The molecule has 7 nitrogen and oxygen atoms in total. The van der Waals surface area contributed by atoms with Crippen LogP contribution in [0.5, 0.6) is 0 Å². The van der Waals surface area contributed by atoms with Gasteiger partial charge in [0.15, 0.2) is 0 Å². The maximum atomic E-state index is 12.9. The van der Waals surface area contributed by atoms with E-state index >= 15 is 0 Å². The fourth-order valence-corrected chi connectivity index (χ4v) is 4.51. The van der Waals surface area contributed by atoms with Crippen molar-refractivity contribution >= 4 is 16.9 Å². The quantitative estimate of drug-likeness (QED) is 0.534. The Morgan fingerprint density at radius 3 is 2.93 bits per heavy atom. The van der Waals surface area contributed by atoms with Crippen LogP contribution in [0.1, 0.15) is 31.4 Å². The average Bonchev–Trinajstić information content (AvgIpc) is 3.45. The molecule has 0 bridgehead atoms. The van der Waals surface area contributed by atoms with Gasteiger partial charge in [0.1, 0.15) is 16.9 Å². The Bertz CT molecular complexity index is 1120. The van der Waals surface area contributed by atoms with Crippen molar-refractivity contribution in [1.82, 2.24) is 29.2 Å². The standard InChI is InChI=1S/C19H20N6OS/c26-19-17-10-16(18-6-3-9-27-18)21-25(17)8-7-23(19)12-15-13-24(22-20-15)11-14-4-1-2-5-14/h3,6-10,13-14H,1-2,4-5,11-12H2. The van der Waals surface area contributed by atoms with Crippen molar-refractivity contribution in [2.75, 3.05) is 0 Å². The summed E-state index contributed by atoms with van der Waals surface area (Å²) in [5, 5.41) is 15.0. The molecule has 1 saturated carbocycles. The van der Waals surface area contributed by atoms with Gasteiger partial charge < -0.3 is 4.57 Å². The third kappa shape index (κ3) is 3.21. The van der Waals surface area contributed by atoms with Crippen LogP contribution in [0.15, 0.2) is 47.0 Å². The van der Waals surface area contributed by atoms with Gasteiger partial charge in [-0.05, 0) is 36.3 Å². The molecular weight excluding hydrogens is 360 g/mol. The van der Waals surface area contributed by atoms with Gasteiger partial charge in [0.05, 0.1) is 17.6 Å². The van der Waals surface area contributed by atoms with Crippen molar-refractivity contribution in [2.45, 2.75) is 38.8 Å². The van der Waals surface area contributed by atoms with Crippen LogP contribution in [0.2, 0.25) is 0 Å². The molecule has 27 heavy (non-hydrogen) atoms. The van der Waals surface area contributed by atoms with Gasteiger partial charge in [-0.15, -0.1) is 16.4 Å². The van der Waals surface area contributed by atoms with E-state index in [4.69, 9.17) is 0 Å². The van der Waals surface area contributed by atoms with Crippen LogP contribution in [-0.4, -0.2) is 29.2 Å². The van der Waals surface area contributed by atoms with Crippen LogP contribution < -0.4 is 5.56 Å². The Kier molecular flexibility index (Phi) is 4.12. The van der Waals surface area contributed by atoms with Crippen molar-refractivity contribution in [1.29, 1.82) is 0 Å². The van der Waals surface area contributed by atoms with Crippen LogP contribution in [0.4, 0.5) is 0 Å². The van der Waals surface area contributed by atoms with Gasteiger partial charge in [-0.25, -0.2) is 4.52 Å². The van der Waals surface area contributed by atoms with Gasteiger partial charge in [-0.2, -0.15) is 5.10 Å². The first-order valence-electron chi connectivity index (χ1n) is 9.28. The number of fused-ring (bicyclic) bond motifs is 1. The van der Waals surface area contributed by atoms with E-state index in [0.717, 1.165) is 22.8 Å². The summed E-state index contributed by atoms with van der Waals surface area (Å²) in [4.78, 5) is 13.9. The monoisotopic (exact) mass is 380 g/mol. The predicted octanol–water partition coefficient (Wildman–Crippen LogP) is 3.05. The van der Waals surface area contributed by atoms with Crippen LogP contribution in [0, 0.1) is 5.92 Å². The molecule has 0 N–H and O–H groups in total. The van der Waals surface area contributed by atoms with Crippen LogP contribution in [0.3, 0.4) is 0 Å². The normalized spacial score (nSPS) is 15.1. The molecule has 0 spiro atoms. The second kappa shape index (κ2) is 6.77. The highest BCUT2D eigenvalue weighted by molar-refractivity contribution is 7.13. The highest BCUT2D eigenvalue weighted by Gasteiger charge is 2.16. The average molecular weight is 380 g/mol. The minimum absolute atomic E-state index is 0.0712. The minimum atomic E-state index is -0.0712. The smallest absolute Gasteiger partial charge is 0.276 e. The summed E-state index contributed by atoms with van der Waals surface area (Å²) in [5.41, 5.74) is 2.12. The number of aromatic nitrogens is 6. The maximum Gasteiger partial charge on any atom is 0.276 e. The zero-order valence-corrected chi connectivity index (χ0v) is 15.7. The number of thiophene rings is 1. The lowest BCUT2D eigenvalue weighted by Crippen LogP contribution is -2.22. The number of hydrogen-bond donors (Lipinski definition) is 0. The van der Waals surface area contributed by atoms with Gasteiger partial charge in [0.25, 0.3) is 5.56 Å². The second-order valence-corrected chi connectivity index (χ2v) is 8.10. The lowest BCUT2D eigenvalue weighted by atomic mass is 10.1. The van der Waals surface area contributed by atoms with Gasteiger partial charge >= 0.3 is 0 Å². The summed E-state index contributed by atoms with van der Waals surface area (Å²) in [7, 11) is 0. The third-order valence-corrected chi connectivity index (χ3v) is 6.11. The van der Waals surface area contributed by atoms with Gasteiger partial charge in [-0.3, -0.25) is 9.48 Å². The first kappa shape index (κ1) is 16.4. The number of nitrogens with zero attached hydrogens (tertiary/aromatic N) is 6. The molecule has 0 radical (unpaired) electrons. The fourth-order valence-electron chi connectivity index (χ4n) is 3.83. The van der Waals surface area contributed by atoms with E-state index < -0.39 is 0 Å². The van der Waals surface area contributed by atoms with Gasteiger partial charge in [0.2, 0.25) is 0 Å². The molecule has 0 aliphatic heterocycles. The molecule has 138 valence electrons.